The fraction of sp³-hybridized carbons (Fsp3) is 0.188. The Kier molecular flexibility index (Phi) is 5.36. The van der Waals surface area contributed by atoms with Crippen LogP contribution in [0.5, 0.6) is 0 Å². The molecule has 4 N–H and O–H groups in total. The van der Waals surface area contributed by atoms with E-state index in [4.69, 9.17) is 10.9 Å². The molecule has 0 aliphatic rings. The maximum absolute atomic E-state index is 8.63. The lowest BCUT2D eigenvalue weighted by molar-refractivity contribution is 0.318. The third-order valence-corrected chi connectivity index (χ3v) is 3.87. The Hall–Kier alpha value is -1.85. The molecule has 1 atom stereocenters. The Bertz CT molecular complexity index is 608. The van der Waals surface area contributed by atoms with Gasteiger partial charge in [-0.2, -0.15) is 0 Å². The van der Waals surface area contributed by atoms with Gasteiger partial charge in [0.25, 0.3) is 0 Å². The van der Waals surface area contributed by atoms with E-state index in [1.165, 1.54) is 5.56 Å². The minimum absolute atomic E-state index is 0.123. The van der Waals surface area contributed by atoms with E-state index in [9.17, 15) is 0 Å². The zero-order valence-electron chi connectivity index (χ0n) is 11.8. The van der Waals surface area contributed by atoms with Crippen molar-refractivity contribution in [1.82, 2.24) is 5.32 Å². The van der Waals surface area contributed by atoms with Gasteiger partial charge in [0.2, 0.25) is 0 Å². The molecule has 2 aromatic rings. The van der Waals surface area contributed by atoms with Crippen LogP contribution in [-0.4, -0.2) is 11.0 Å². The molecule has 0 bridgehead atoms. The van der Waals surface area contributed by atoms with Gasteiger partial charge in [0.1, 0.15) is 0 Å². The maximum Gasteiger partial charge on any atom is 0.170 e. The van der Waals surface area contributed by atoms with Crippen molar-refractivity contribution in [2.24, 2.45) is 10.9 Å². The molecular weight excluding hydrogens is 330 g/mol. The predicted molar refractivity (Wildman–Crippen MR) is 88.3 cm³/mol. The van der Waals surface area contributed by atoms with Crippen LogP contribution in [0.1, 0.15) is 29.7 Å². The van der Waals surface area contributed by atoms with Crippen molar-refractivity contribution in [2.45, 2.75) is 19.5 Å². The van der Waals surface area contributed by atoms with Crippen LogP contribution < -0.4 is 11.1 Å². The number of nitrogens with zero attached hydrogens (tertiary/aromatic N) is 1. The highest BCUT2D eigenvalue weighted by Gasteiger charge is 2.05. The molecule has 0 aromatic heterocycles. The van der Waals surface area contributed by atoms with E-state index in [1.807, 2.05) is 36.4 Å². The third-order valence-electron chi connectivity index (χ3n) is 3.34. The summed E-state index contributed by atoms with van der Waals surface area (Å²) >= 11 is 3.44. The quantitative estimate of drug-likeness (QED) is 0.336. The number of hydrogen-bond donors (Lipinski definition) is 3. The molecule has 0 heterocycles. The molecule has 2 rings (SSSR count). The number of rotatable bonds is 5. The number of nitrogens with one attached hydrogen (secondary N) is 1. The molecule has 0 saturated carbocycles. The number of hydrogen-bond acceptors (Lipinski definition) is 3. The zero-order chi connectivity index (χ0) is 15.2. The second kappa shape index (κ2) is 7.24. The van der Waals surface area contributed by atoms with Gasteiger partial charge in [0.05, 0.1) is 0 Å². The Morgan fingerprint density at radius 1 is 1.19 bits per heavy atom. The van der Waals surface area contributed by atoms with Gasteiger partial charge in [-0.3, -0.25) is 0 Å². The van der Waals surface area contributed by atoms with Crippen molar-refractivity contribution in [2.75, 3.05) is 0 Å². The van der Waals surface area contributed by atoms with Gasteiger partial charge in [0, 0.05) is 22.6 Å². The topological polar surface area (TPSA) is 70.6 Å². The van der Waals surface area contributed by atoms with Gasteiger partial charge in [0.15, 0.2) is 5.84 Å². The molecule has 21 heavy (non-hydrogen) atoms. The van der Waals surface area contributed by atoms with Crippen LogP contribution in [0, 0.1) is 0 Å². The molecular formula is C16H18BrN3O. The van der Waals surface area contributed by atoms with Gasteiger partial charge < -0.3 is 16.3 Å². The first-order chi connectivity index (χ1) is 10.1. The van der Waals surface area contributed by atoms with Crippen molar-refractivity contribution in [3.63, 3.8) is 0 Å². The summed E-state index contributed by atoms with van der Waals surface area (Å²) in [7, 11) is 0. The Morgan fingerprint density at radius 3 is 2.38 bits per heavy atom. The lowest BCUT2D eigenvalue weighted by atomic mass is 10.1. The van der Waals surface area contributed by atoms with Gasteiger partial charge in [-0.15, -0.1) is 0 Å². The molecule has 0 aliphatic carbocycles. The van der Waals surface area contributed by atoms with Crippen LogP contribution >= 0.6 is 15.9 Å². The molecule has 4 nitrogen and oxygen atoms in total. The molecule has 0 radical (unpaired) electrons. The van der Waals surface area contributed by atoms with Crippen LogP contribution in [0.3, 0.4) is 0 Å². The van der Waals surface area contributed by atoms with E-state index in [1.54, 1.807) is 0 Å². The first kappa shape index (κ1) is 15.5. The van der Waals surface area contributed by atoms with Gasteiger partial charge in [-0.1, -0.05) is 57.5 Å². The lowest BCUT2D eigenvalue weighted by Gasteiger charge is -2.14. The monoisotopic (exact) mass is 347 g/mol. The predicted octanol–water partition coefficient (Wildman–Crippen LogP) is 3.39. The van der Waals surface area contributed by atoms with E-state index in [0.29, 0.717) is 5.56 Å². The molecule has 0 unspecified atom stereocenters. The van der Waals surface area contributed by atoms with Crippen molar-refractivity contribution < 1.29 is 5.21 Å². The highest BCUT2D eigenvalue weighted by atomic mass is 79.9. The largest absolute Gasteiger partial charge is 0.409 e. The van der Waals surface area contributed by atoms with E-state index in [0.717, 1.165) is 16.6 Å². The summed E-state index contributed by atoms with van der Waals surface area (Å²) in [5.74, 6) is 0.123. The maximum atomic E-state index is 8.63. The van der Waals surface area contributed by atoms with Crippen LogP contribution in [-0.2, 0) is 6.54 Å². The highest BCUT2D eigenvalue weighted by Crippen LogP contribution is 2.17. The summed E-state index contributed by atoms with van der Waals surface area (Å²) in [6, 6.07) is 16.2. The summed E-state index contributed by atoms with van der Waals surface area (Å²) in [6.07, 6.45) is 0. The minimum Gasteiger partial charge on any atom is -0.409 e. The van der Waals surface area contributed by atoms with E-state index < -0.39 is 0 Å². The van der Waals surface area contributed by atoms with Crippen LogP contribution in [0.15, 0.2) is 58.2 Å². The van der Waals surface area contributed by atoms with Crippen LogP contribution in [0.2, 0.25) is 0 Å². The minimum atomic E-state index is 0.123. The summed E-state index contributed by atoms with van der Waals surface area (Å²) in [4.78, 5) is 0. The van der Waals surface area contributed by atoms with Crippen LogP contribution in [0.4, 0.5) is 0 Å². The average molecular weight is 348 g/mol. The average Bonchev–Trinajstić information content (AvgIpc) is 2.53. The summed E-state index contributed by atoms with van der Waals surface area (Å²) in [5.41, 5.74) is 8.63. The van der Waals surface area contributed by atoms with Crippen molar-refractivity contribution >= 4 is 21.8 Å². The van der Waals surface area contributed by atoms with Crippen molar-refractivity contribution in [3.8, 4) is 0 Å². The van der Waals surface area contributed by atoms with Gasteiger partial charge in [-0.25, -0.2) is 0 Å². The number of nitrogens with two attached hydrogens (primary N) is 1. The molecule has 0 fully saturated rings. The highest BCUT2D eigenvalue weighted by molar-refractivity contribution is 9.10. The Morgan fingerprint density at radius 2 is 1.81 bits per heavy atom. The Balaban J connectivity index is 1.95. The van der Waals surface area contributed by atoms with E-state index >= 15 is 0 Å². The molecule has 5 heteroatoms. The molecule has 2 aromatic carbocycles. The zero-order valence-corrected chi connectivity index (χ0v) is 13.3. The smallest absolute Gasteiger partial charge is 0.170 e. The number of benzene rings is 2. The molecule has 110 valence electrons. The molecule has 0 spiro atoms. The first-order valence-corrected chi connectivity index (χ1v) is 7.45. The van der Waals surface area contributed by atoms with Crippen molar-refractivity contribution in [3.05, 3.63) is 69.7 Å². The second-order valence-electron chi connectivity index (χ2n) is 4.84. The number of oxime groups is 1. The summed E-state index contributed by atoms with van der Waals surface area (Å²) in [5, 5.41) is 15.1. The lowest BCUT2D eigenvalue weighted by Crippen LogP contribution is -2.18. The van der Waals surface area contributed by atoms with Gasteiger partial charge in [-0.05, 0) is 30.2 Å². The number of amidine groups is 1. The number of halogens is 1. The van der Waals surface area contributed by atoms with E-state index in [-0.39, 0.29) is 11.9 Å². The summed E-state index contributed by atoms with van der Waals surface area (Å²) in [6.45, 7) is 2.89. The van der Waals surface area contributed by atoms with Crippen LogP contribution in [0.25, 0.3) is 0 Å². The SMILES string of the molecule is C[C@@H](NCc1ccc(/C(N)=N/O)cc1)c1ccc(Br)cc1. The molecule has 0 aliphatic heterocycles. The fourth-order valence-electron chi connectivity index (χ4n) is 1.99. The molecule has 0 saturated heterocycles. The Labute approximate surface area is 132 Å². The van der Waals surface area contributed by atoms with Gasteiger partial charge >= 0.3 is 0 Å². The fourth-order valence-corrected chi connectivity index (χ4v) is 2.26. The first-order valence-electron chi connectivity index (χ1n) is 6.66. The molecule has 0 amide bonds. The summed E-state index contributed by atoms with van der Waals surface area (Å²) < 4.78 is 1.08. The second-order valence-corrected chi connectivity index (χ2v) is 5.75. The standard InChI is InChI=1S/C16H18BrN3O/c1-11(13-6-8-15(17)9-7-13)19-10-12-2-4-14(5-3-12)16(18)20-21/h2-9,11,19,21H,10H2,1H3,(H2,18,20)/t11-/m1/s1. The third kappa shape index (κ3) is 4.31. The van der Waals surface area contributed by atoms with E-state index in [2.05, 4.69) is 45.5 Å². The van der Waals surface area contributed by atoms with Crippen molar-refractivity contribution in [1.29, 1.82) is 0 Å². The normalized spacial score (nSPS) is 13.1.